The molecule has 0 amide bonds. The third-order valence-electron chi connectivity index (χ3n) is 2.94. The molecule has 0 bridgehead atoms. The number of aromatic nitrogens is 2. The Hall–Kier alpha value is -2.33. The van der Waals surface area contributed by atoms with Crippen molar-refractivity contribution < 1.29 is 4.39 Å². The lowest BCUT2D eigenvalue weighted by molar-refractivity contribution is 0.628. The maximum Gasteiger partial charge on any atom is 0.127 e. The zero-order valence-corrected chi connectivity index (χ0v) is 11.2. The highest BCUT2D eigenvalue weighted by Gasteiger charge is 2.11. The first kappa shape index (κ1) is 12.7. The first-order valence-electron chi connectivity index (χ1n) is 6.01. The average Bonchev–Trinajstić information content (AvgIpc) is 2.81. The van der Waals surface area contributed by atoms with Crippen LogP contribution in [0.4, 0.5) is 10.2 Å². The third kappa shape index (κ3) is 2.26. The standard InChI is InChI=1S/C15H11ClFN3/c16-13-8-10(17)6-7-12(13)14-9-15(18)20(19-14)11-4-2-1-3-5-11/h1-9H,18H2. The van der Waals surface area contributed by atoms with E-state index in [1.807, 2.05) is 30.3 Å². The van der Waals surface area contributed by atoms with Crippen LogP contribution in [0.5, 0.6) is 0 Å². The third-order valence-corrected chi connectivity index (χ3v) is 3.26. The second-order valence-electron chi connectivity index (χ2n) is 4.33. The molecular formula is C15H11ClFN3. The van der Waals surface area contributed by atoms with E-state index in [0.717, 1.165) is 5.69 Å². The van der Waals surface area contributed by atoms with Gasteiger partial charge in [-0.2, -0.15) is 5.10 Å². The van der Waals surface area contributed by atoms with Gasteiger partial charge >= 0.3 is 0 Å². The van der Waals surface area contributed by atoms with Gasteiger partial charge in [-0.25, -0.2) is 9.07 Å². The van der Waals surface area contributed by atoms with E-state index in [2.05, 4.69) is 5.10 Å². The van der Waals surface area contributed by atoms with Crippen LogP contribution in [-0.4, -0.2) is 9.78 Å². The first-order chi connectivity index (χ1) is 9.65. The quantitative estimate of drug-likeness (QED) is 0.776. The van der Waals surface area contributed by atoms with Crippen molar-refractivity contribution in [2.24, 2.45) is 0 Å². The molecule has 0 aliphatic carbocycles. The normalized spacial score (nSPS) is 10.7. The van der Waals surface area contributed by atoms with Crippen LogP contribution in [0.15, 0.2) is 54.6 Å². The summed E-state index contributed by atoms with van der Waals surface area (Å²) in [6, 6.07) is 15.4. The molecule has 1 aromatic heterocycles. The molecule has 0 spiro atoms. The first-order valence-corrected chi connectivity index (χ1v) is 6.39. The molecule has 0 radical (unpaired) electrons. The molecule has 3 nitrogen and oxygen atoms in total. The zero-order chi connectivity index (χ0) is 14.1. The number of benzene rings is 2. The Labute approximate surface area is 120 Å². The number of rotatable bonds is 2. The van der Waals surface area contributed by atoms with Crippen molar-refractivity contribution in [2.75, 3.05) is 5.73 Å². The van der Waals surface area contributed by atoms with E-state index in [1.165, 1.54) is 12.1 Å². The number of halogens is 2. The SMILES string of the molecule is Nc1cc(-c2ccc(F)cc2Cl)nn1-c1ccccc1. The van der Waals surface area contributed by atoms with Crippen LogP contribution < -0.4 is 5.73 Å². The molecule has 0 unspecified atom stereocenters. The number of para-hydroxylation sites is 1. The van der Waals surface area contributed by atoms with Crippen molar-refractivity contribution in [1.29, 1.82) is 0 Å². The van der Waals surface area contributed by atoms with Crippen molar-refractivity contribution in [1.82, 2.24) is 9.78 Å². The van der Waals surface area contributed by atoms with Gasteiger partial charge in [0.05, 0.1) is 16.4 Å². The van der Waals surface area contributed by atoms with E-state index in [4.69, 9.17) is 17.3 Å². The van der Waals surface area contributed by atoms with Gasteiger partial charge in [0, 0.05) is 11.6 Å². The molecule has 0 saturated carbocycles. The summed E-state index contributed by atoms with van der Waals surface area (Å²) in [5.74, 6) is 0.112. The lowest BCUT2D eigenvalue weighted by atomic mass is 10.1. The largest absolute Gasteiger partial charge is 0.384 e. The minimum atomic E-state index is -0.380. The number of nitrogen functional groups attached to an aromatic ring is 1. The molecule has 20 heavy (non-hydrogen) atoms. The molecule has 3 aromatic rings. The van der Waals surface area contributed by atoms with Gasteiger partial charge < -0.3 is 5.73 Å². The minimum absolute atomic E-state index is 0.308. The Bertz CT molecular complexity index is 753. The highest BCUT2D eigenvalue weighted by atomic mass is 35.5. The van der Waals surface area contributed by atoms with E-state index in [9.17, 15) is 4.39 Å². The Kier molecular flexibility index (Phi) is 3.16. The van der Waals surface area contributed by atoms with Crippen molar-refractivity contribution in [3.8, 4) is 16.9 Å². The average molecular weight is 288 g/mol. The topological polar surface area (TPSA) is 43.8 Å². The van der Waals surface area contributed by atoms with Crippen molar-refractivity contribution in [3.05, 3.63) is 65.4 Å². The molecule has 1 heterocycles. The summed E-state index contributed by atoms with van der Waals surface area (Å²) < 4.78 is 14.7. The summed E-state index contributed by atoms with van der Waals surface area (Å²) >= 11 is 6.04. The van der Waals surface area contributed by atoms with E-state index >= 15 is 0 Å². The molecule has 0 fully saturated rings. The number of nitrogens with two attached hydrogens (primary N) is 1. The van der Waals surface area contributed by atoms with Crippen LogP contribution in [0.3, 0.4) is 0 Å². The lowest BCUT2D eigenvalue weighted by Crippen LogP contribution is -2.01. The van der Waals surface area contributed by atoms with E-state index in [0.29, 0.717) is 22.1 Å². The van der Waals surface area contributed by atoms with Gasteiger partial charge in [-0.1, -0.05) is 29.8 Å². The van der Waals surface area contributed by atoms with E-state index in [1.54, 1.807) is 16.8 Å². The van der Waals surface area contributed by atoms with Gasteiger partial charge in [0.2, 0.25) is 0 Å². The van der Waals surface area contributed by atoms with Crippen LogP contribution in [0.25, 0.3) is 16.9 Å². The Morgan fingerprint density at radius 1 is 1.05 bits per heavy atom. The van der Waals surface area contributed by atoms with Crippen LogP contribution in [-0.2, 0) is 0 Å². The molecule has 100 valence electrons. The summed E-state index contributed by atoms with van der Waals surface area (Å²) in [5, 5.41) is 4.73. The Balaban J connectivity index is 2.09. The molecular weight excluding hydrogens is 277 g/mol. The molecule has 0 aliphatic heterocycles. The monoisotopic (exact) mass is 287 g/mol. The second kappa shape index (κ2) is 4.98. The zero-order valence-electron chi connectivity index (χ0n) is 10.4. The van der Waals surface area contributed by atoms with Crippen LogP contribution >= 0.6 is 11.6 Å². The predicted octanol–water partition coefficient (Wildman–Crippen LogP) is 3.91. The lowest BCUT2D eigenvalue weighted by Gasteiger charge is -2.03. The second-order valence-corrected chi connectivity index (χ2v) is 4.73. The van der Waals surface area contributed by atoms with Gasteiger partial charge in [-0.3, -0.25) is 0 Å². The fourth-order valence-corrected chi connectivity index (χ4v) is 2.26. The summed E-state index contributed by atoms with van der Waals surface area (Å²) in [6.07, 6.45) is 0. The van der Waals surface area contributed by atoms with E-state index < -0.39 is 0 Å². The van der Waals surface area contributed by atoms with Gasteiger partial charge in [-0.15, -0.1) is 0 Å². The maximum absolute atomic E-state index is 13.1. The summed E-state index contributed by atoms with van der Waals surface area (Å²) in [6.45, 7) is 0. The van der Waals surface area contributed by atoms with Crippen LogP contribution in [0.2, 0.25) is 5.02 Å². The number of hydrogen-bond acceptors (Lipinski definition) is 2. The summed E-state index contributed by atoms with van der Waals surface area (Å²) in [7, 11) is 0. The molecule has 0 saturated heterocycles. The smallest absolute Gasteiger partial charge is 0.127 e. The van der Waals surface area contributed by atoms with Crippen LogP contribution in [0, 0.1) is 5.82 Å². The van der Waals surface area contributed by atoms with Crippen molar-refractivity contribution in [2.45, 2.75) is 0 Å². The predicted molar refractivity (Wildman–Crippen MR) is 78.4 cm³/mol. The number of hydrogen-bond donors (Lipinski definition) is 1. The molecule has 5 heteroatoms. The summed E-state index contributed by atoms with van der Waals surface area (Å²) in [4.78, 5) is 0. The van der Waals surface area contributed by atoms with Gasteiger partial charge in [-0.05, 0) is 30.3 Å². The molecule has 2 aromatic carbocycles. The summed E-state index contributed by atoms with van der Waals surface area (Å²) in [5.41, 5.74) is 8.09. The highest BCUT2D eigenvalue weighted by Crippen LogP contribution is 2.29. The van der Waals surface area contributed by atoms with Crippen molar-refractivity contribution >= 4 is 17.4 Å². The van der Waals surface area contributed by atoms with Gasteiger partial charge in [0.15, 0.2) is 0 Å². The number of anilines is 1. The Morgan fingerprint density at radius 2 is 1.80 bits per heavy atom. The molecule has 3 rings (SSSR count). The van der Waals surface area contributed by atoms with E-state index in [-0.39, 0.29) is 5.82 Å². The molecule has 2 N–H and O–H groups in total. The van der Waals surface area contributed by atoms with Crippen LogP contribution in [0.1, 0.15) is 0 Å². The minimum Gasteiger partial charge on any atom is -0.384 e. The molecule has 0 aliphatic rings. The highest BCUT2D eigenvalue weighted by molar-refractivity contribution is 6.33. The maximum atomic E-state index is 13.1. The fraction of sp³-hybridized carbons (Fsp3) is 0. The number of nitrogens with zero attached hydrogens (tertiary/aromatic N) is 2. The fourth-order valence-electron chi connectivity index (χ4n) is 2.00. The van der Waals surface area contributed by atoms with Crippen molar-refractivity contribution in [3.63, 3.8) is 0 Å². The van der Waals surface area contributed by atoms with Gasteiger partial charge in [0.1, 0.15) is 11.6 Å². The molecule has 0 atom stereocenters. The van der Waals surface area contributed by atoms with Gasteiger partial charge in [0.25, 0.3) is 0 Å². The Morgan fingerprint density at radius 3 is 2.50 bits per heavy atom.